The van der Waals surface area contributed by atoms with Crippen molar-refractivity contribution in [1.29, 1.82) is 0 Å². The van der Waals surface area contributed by atoms with E-state index in [4.69, 9.17) is 9.47 Å². The fraction of sp³-hybridized carbons (Fsp3) is 0.222. The van der Waals surface area contributed by atoms with Gasteiger partial charge in [0.1, 0.15) is 5.69 Å². The van der Waals surface area contributed by atoms with Gasteiger partial charge in [-0.15, -0.1) is 0 Å². The number of methoxy groups -OCH3 is 1. The van der Waals surface area contributed by atoms with E-state index in [1.54, 1.807) is 30.3 Å². The van der Waals surface area contributed by atoms with Crippen molar-refractivity contribution in [3.8, 4) is 0 Å². The maximum Gasteiger partial charge on any atom is 0.338 e. The van der Waals surface area contributed by atoms with Crippen molar-refractivity contribution in [2.45, 2.75) is 0 Å². The van der Waals surface area contributed by atoms with E-state index in [2.05, 4.69) is 10.6 Å². The third-order valence-electron chi connectivity index (χ3n) is 3.44. The first-order valence-corrected chi connectivity index (χ1v) is 8.04. The average Bonchev–Trinajstić information content (AvgIpc) is 2.67. The molecule has 0 saturated heterocycles. The molecule has 0 fully saturated rings. The zero-order chi connectivity index (χ0) is 19.6. The van der Waals surface area contributed by atoms with E-state index in [0.717, 1.165) is 6.07 Å². The SMILES string of the molecule is COCCNc1ccc(C(=O)OCC(=O)Nc2ccccc2)cc1[N+](=O)[O-]. The molecule has 0 saturated carbocycles. The van der Waals surface area contributed by atoms with Crippen molar-refractivity contribution in [3.05, 3.63) is 64.2 Å². The van der Waals surface area contributed by atoms with Gasteiger partial charge < -0.3 is 20.1 Å². The molecule has 0 aromatic heterocycles. The van der Waals surface area contributed by atoms with Crippen LogP contribution >= 0.6 is 0 Å². The number of ether oxygens (including phenoxy) is 2. The number of nitro groups is 1. The molecule has 0 aliphatic rings. The number of hydrogen-bond donors (Lipinski definition) is 2. The number of nitrogens with one attached hydrogen (secondary N) is 2. The summed E-state index contributed by atoms with van der Waals surface area (Å²) in [4.78, 5) is 34.5. The number of para-hydroxylation sites is 1. The van der Waals surface area contributed by atoms with Crippen LogP contribution in [0.25, 0.3) is 0 Å². The third-order valence-corrected chi connectivity index (χ3v) is 3.44. The number of carbonyl (C=O) groups is 2. The lowest BCUT2D eigenvalue weighted by Crippen LogP contribution is -2.21. The summed E-state index contributed by atoms with van der Waals surface area (Å²) in [6.07, 6.45) is 0. The maximum absolute atomic E-state index is 12.1. The van der Waals surface area contributed by atoms with Crippen LogP contribution in [0.15, 0.2) is 48.5 Å². The monoisotopic (exact) mass is 373 g/mol. The summed E-state index contributed by atoms with van der Waals surface area (Å²) in [6, 6.07) is 12.6. The van der Waals surface area contributed by atoms with Crippen LogP contribution in [0.1, 0.15) is 10.4 Å². The predicted molar refractivity (Wildman–Crippen MR) is 98.8 cm³/mol. The van der Waals surface area contributed by atoms with Crippen molar-refractivity contribution >= 4 is 28.9 Å². The quantitative estimate of drug-likeness (QED) is 0.300. The van der Waals surface area contributed by atoms with Crippen molar-refractivity contribution in [3.63, 3.8) is 0 Å². The molecule has 0 aliphatic carbocycles. The summed E-state index contributed by atoms with van der Waals surface area (Å²) >= 11 is 0. The Labute approximate surface area is 155 Å². The molecule has 2 aromatic carbocycles. The Bertz CT molecular complexity index is 810. The van der Waals surface area contributed by atoms with Gasteiger partial charge in [0.25, 0.3) is 11.6 Å². The molecular formula is C18H19N3O6. The third kappa shape index (κ3) is 6.08. The van der Waals surface area contributed by atoms with E-state index in [-0.39, 0.29) is 16.9 Å². The Morgan fingerprint density at radius 2 is 1.89 bits per heavy atom. The van der Waals surface area contributed by atoms with Crippen molar-refractivity contribution < 1.29 is 24.0 Å². The van der Waals surface area contributed by atoms with Gasteiger partial charge >= 0.3 is 5.97 Å². The molecule has 0 radical (unpaired) electrons. The van der Waals surface area contributed by atoms with Crippen LogP contribution in [-0.2, 0) is 14.3 Å². The van der Waals surface area contributed by atoms with E-state index < -0.39 is 23.4 Å². The van der Waals surface area contributed by atoms with E-state index in [0.29, 0.717) is 18.8 Å². The molecule has 9 nitrogen and oxygen atoms in total. The number of benzene rings is 2. The van der Waals surface area contributed by atoms with E-state index >= 15 is 0 Å². The zero-order valence-electron chi connectivity index (χ0n) is 14.6. The van der Waals surface area contributed by atoms with Crippen LogP contribution < -0.4 is 10.6 Å². The molecule has 0 unspecified atom stereocenters. The number of carbonyl (C=O) groups excluding carboxylic acids is 2. The molecule has 2 aromatic rings. The molecular weight excluding hydrogens is 354 g/mol. The molecule has 0 heterocycles. The standard InChI is InChI=1S/C18H19N3O6/c1-26-10-9-19-15-8-7-13(11-16(15)21(24)25)18(23)27-12-17(22)20-14-5-3-2-4-6-14/h2-8,11,19H,9-10,12H2,1H3,(H,20,22). The molecule has 0 aliphatic heterocycles. The second-order valence-corrected chi connectivity index (χ2v) is 5.40. The smallest absolute Gasteiger partial charge is 0.338 e. The van der Waals surface area contributed by atoms with Gasteiger partial charge in [0.2, 0.25) is 0 Å². The minimum atomic E-state index is -0.829. The van der Waals surface area contributed by atoms with Gasteiger partial charge in [0, 0.05) is 25.4 Å². The number of nitrogens with zero attached hydrogens (tertiary/aromatic N) is 1. The Morgan fingerprint density at radius 3 is 2.56 bits per heavy atom. The predicted octanol–water partition coefficient (Wildman–Crippen LogP) is 2.45. The minimum Gasteiger partial charge on any atom is -0.452 e. The Hall–Kier alpha value is -3.46. The Morgan fingerprint density at radius 1 is 1.15 bits per heavy atom. The van der Waals surface area contributed by atoms with Gasteiger partial charge in [-0.1, -0.05) is 18.2 Å². The van der Waals surface area contributed by atoms with Gasteiger partial charge in [0.15, 0.2) is 6.61 Å². The van der Waals surface area contributed by atoms with Crippen LogP contribution in [0.4, 0.5) is 17.1 Å². The van der Waals surface area contributed by atoms with Crippen LogP contribution in [0.2, 0.25) is 0 Å². The van der Waals surface area contributed by atoms with E-state index in [1.165, 1.54) is 19.2 Å². The average molecular weight is 373 g/mol. The highest BCUT2D eigenvalue weighted by atomic mass is 16.6. The zero-order valence-corrected chi connectivity index (χ0v) is 14.6. The molecule has 0 atom stereocenters. The molecule has 1 amide bonds. The minimum absolute atomic E-state index is 0.0218. The van der Waals surface area contributed by atoms with Gasteiger partial charge in [-0.2, -0.15) is 0 Å². The molecule has 142 valence electrons. The van der Waals surface area contributed by atoms with Gasteiger partial charge in [-0.25, -0.2) is 4.79 Å². The van der Waals surface area contributed by atoms with E-state index in [9.17, 15) is 19.7 Å². The van der Waals surface area contributed by atoms with Crippen molar-refractivity contribution in [1.82, 2.24) is 0 Å². The number of nitro benzene ring substituents is 1. The van der Waals surface area contributed by atoms with Gasteiger partial charge in [0.05, 0.1) is 17.1 Å². The normalized spacial score (nSPS) is 10.1. The summed E-state index contributed by atoms with van der Waals surface area (Å²) in [5.74, 6) is -1.34. The lowest BCUT2D eigenvalue weighted by atomic mass is 10.1. The molecule has 0 spiro atoms. The second kappa shape index (κ2) is 9.88. The first-order valence-electron chi connectivity index (χ1n) is 8.04. The summed E-state index contributed by atoms with van der Waals surface area (Å²) in [6.45, 7) is 0.244. The lowest BCUT2D eigenvalue weighted by molar-refractivity contribution is -0.384. The number of esters is 1. The summed E-state index contributed by atoms with van der Waals surface area (Å²) in [5.41, 5.74) is 0.539. The van der Waals surface area contributed by atoms with Crippen LogP contribution in [0.3, 0.4) is 0 Å². The molecule has 9 heteroatoms. The molecule has 2 N–H and O–H groups in total. The number of hydrogen-bond acceptors (Lipinski definition) is 7. The van der Waals surface area contributed by atoms with Crippen LogP contribution in [0, 0.1) is 10.1 Å². The fourth-order valence-corrected chi connectivity index (χ4v) is 2.18. The number of anilines is 2. The van der Waals surface area contributed by atoms with Crippen molar-refractivity contribution in [2.24, 2.45) is 0 Å². The highest BCUT2D eigenvalue weighted by molar-refractivity contribution is 5.96. The first kappa shape index (κ1) is 19.9. The van der Waals surface area contributed by atoms with Gasteiger partial charge in [-0.05, 0) is 24.3 Å². The summed E-state index contributed by atoms with van der Waals surface area (Å²) in [5, 5.41) is 16.6. The Balaban J connectivity index is 1.97. The summed E-state index contributed by atoms with van der Waals surface area (Å²) in [7, 11) is 1.52. The molecule has 2 rings (SSSR count). The topological polar surface area (TPSA) is 120 Å². The number of amides is 1. The highest BCUT2D eigenvalue weighted by Gasteiger charge is 2.19. The second-order valence-electron chi connectivity index (χ2n) is 5.40. The molecule has 27 heavy (non-hydrogen) atoms. The van der Waals surface area contributed by atoms with E-state index in [1.807, 2.05) is 0 Å². The highest BCUT2D eigenvalue weighted by Crippen LogP contribution is 2.25. The Kier molecular flexibility index (Phi) is 7.26. The first-order chi connectivity index (χ1) is 13.0. The maximum atomic E-state index is 12.1. The van der Waals surface area contributed by atoms with Crippen LogP contribution in [-0.4, -0.2) is 43.7 Å². The van der Waals surface area contributed by atoms with Gasteiger partial charge in [-0.3, -0.25) is 14.9 Å². The number of rotatable bonds is 9. The van der Waals surface area contributed by atoms with Crippen LogP contribution in [0.5, 0.6) is 0 Å². The fourth-order valence-electron chi connectivity index (χ4n) is 2.18. The molecule has 0 bridgehead atoms. The largest absolute Gasteiger partial charge is 0.452 e. The summed E-state index contributed by atoms with van der Waals surface area (Å²) < 4.78 is 9.80. The lowest BCUT2D eigenvalue weighted by Gasteiger charge is -2.09. The van der Waals surface area contributed by atoms with Crippen molar-refractivity contribution in [2.75, 3.05) is 37.5 Å².